The van der Waals surface area contributed by atoms with E-state index in [9.17, 15) is 4.79 Å². The second-order valence-electron chi connectivity index (χ2n) is 6.63. The number of fused-ring (bicyclic) bond motifs is 1. The van der Waals surface area contributed by atoms with Gasteiger partial charge in [0.1, 0.15) is 13.2 Å². The SMILES string of the molecule is CC1CCN(Cc2sc(=O)[nH]c2-c2ccc3c(c2)OCCO3)CC1. The van der Waals surface area contributed by atoms with Gasteiger partial charge in [-0.1, -0.05) is 18.3 Å². The minimum Gasteiger partial charge on any atom is -0.486 e. The van der Waals surface area contributed by atoms with E-state index in [1.54, 1.807) is 0 Å². The number of nitrogens with one attached hydrogen (secondary N) is 1. The molecule has 0 radical (unpaired) electrons. The van der Waals surface area contributed by atoms with Crippen molar-refractivity contribution in [2.45, 2.75) is 26.3 Å². The lowest BCUT2D eigenvalue weighted by Crippen LogP contribution is -2.32. The molecule has 0 bridgehead atoms. The van der Waals surface area contributed by atoms with Gasteiger partial charge in [0, 0.05) is 17.0 Å². The summed E-state index contributed by atoms with van der Waals surface area (Å²) in [5.74, 6) is 2.33. The highest BCUT2D eigenvalue weighted by atomic mass is 32.1. The van der Waals surface area contributed by atoms with Crippen LogP contribution in [0.3, 0.4) is 0 Å². The van der Waals surface area contributed by atoms with Gasteiger partial charge in [-0.2, -0.15) is 0 Å². The summed E-state index contributed by atoms with van der Waals surface area (Å²) >= 11 is 1.32. The maximum atomic E-state index is 12.0. The number of piperidine rings is 1. The Morgan fingerprint density at radius 2 is 1.96 bits per heavy atom. The molecular formula is C18H22N2O3S. The van der Waals surface area contributed by atoms with Crippen LogP contribution >= 0.6 is 11.3 Å². The van der Waals surface area contributed by atoms with Gasteiger partial charge >= 0.3 is 4.87 Å². The highest BCUT2D eigenvalue weighted by molar-refractivity contribution is 7.09. The molecule has 128 valence electrons. The van der Waals surface area contributed by atoms with Crippen molar-refractivity contribution in [3.8, 4) is 22.8 Å². The second-order valence-corrected chi connectivity index (χ2v) is 7.70. The number of aromatic nitrogens is 1. The Hall–Kier alpha value is -1.79. The van der Waals surface area contributed by atoms with Crippen LogP contribution in [-0.4, -0.2) is 36.2 Å². The lowest BCUT2D eigenvalue weighted by molar-refractivity contribution is 0.171. The van der Waals surface area contributed by atoms with Crippen LogP contribution in [0.5, 0.6) is 11.5 Å². The average molecular weight is 346 g/mol. The van der Waals surface area contributed by atoms with Crippen LogP contribution < -0.4 is 14.3 Å². The van der Waals surface area contributed by atoms with Gasteiger partial charge in [-0.05, 0) is 50.0 Å². The zero-order valence-electron chi connectivity index (χ0n) is 13.8. The van der Waals surface area contributed by atoms with Gasteiger partial charge in [-0.25, -0.2) is 0 Å². The van der Waals surface area contributed by atoms with E-state index in [-0.39, 0.29) is 4.87 Å². The van der Waals surface area contributed by atoms with Gasteiger partial charge in [-0.3, -0.25) is 9.69 Å². The molecular weight excluding hydrogens is 324 g/mol. The zero-order valence-corrected chi connectivity index (χ0v) is 14.7. The van der Waals surface area contributed by atoms with Crippen molar-refractivity contribution in [2.24, 2.45) is 5.92 Å². The molecule has 1 N–H and O–H groups in total. The number of ether oxygens (including phenoxy) is 2. The Bertz CT molecular complexity index is 775. The van der Waals surface area contributed by atoms with Crippen molar-refractivity contribution in [1.82, 2.24) is 9.88 Å². The molecule has 6 heteroatoms. The summed E-state index contributed by atoms with van der Waals surface area (Å²) < 4.78 is 11.2. The van der Waals surface area contributed by atoms with Crippen molar-refractivity contribution in [2.75, 3.05) is 26.3 Å². The first-order valence-corrected chi connectivity index (χ1v) is 9.35. The number of hydrogen-bond acceptors (Lipinski definition) is 5. The Morgan fingerprint density at radius 3 is 2.75 bits per heavy atom. The summed E-state index contributed by atoms with van der Waals surface area (Å²) in [6.45, 7) is 6.50. The van der Waals surface area contributed by atoms with E-state index in [2.05, 4.69) is 16.8 Å². The van der Waals surface area contributed by atoms with E-state index in [1.165, 1.54) is 24.2 Å². The Labute approximate surface area is 145 Å². The number of benzene rings is 1. The van der Waals surface area contributed by atoms with Crippen molar-refractivity contribution in [1.29, 1.82) is 0 Å². The second kappa shape index (κ2) is 6.61. The molecule has 5 nitrogen and oxygen atoms in total. The highest BCUT2D eigenvalue weighted by Gasteiger charge is 2.20. The molecule has 2 aromatic rings. The predicted octanol–water partition coefficient (Wildman–Crippen LogP) is 3.11. The van der Waals surface area contributed by atoms with Crippen molar-refractivity contribution >= 4 is 11.3 Å². The molecule has 1 saturated heterocycles. The summed E-state index contributed by atoms with van der Waals surface area (Å²) in [6, 6.07) is 5.88. The maximum Gasteiger partial charge on any atom is 0.305 e. The third-order valence-corrected chi connectivity index (χ3v) is 5.66. The van der Waals surface area contributed by atoms with E-state index >= 15 is 0 Å². The van der Waals surface area contributed by atoms with Gasteiger partial charge < -0.3 is 14.5 Å². The fraction of sp³-hybridized carbons (Fsp3) is 0.500. The zero-order chi connectivity index (χ0) is 16.5. The van der Waals surface area contributed by atoms with Gasteiger partial charge in [0.2, 0.25) is 0 Å². The first-order chi connectivity index (χ1) is 11.7. The summed E-state index contributed by atoms with van der Waals surface area (Å²) in [7, 11) is 0. The third kappa shape index (κ3) is 3.21. The number of nitrogens with zero attached hydrogens (tertiary/aromatic N) is 1. The van der Waals surface area contributed by atoms with Gasteiger partial charge in [0.15, 0.2) is 11.5 Å². The van der Waals surface area contributed by atoms with E-state index < -0.39 is 0 Å². The normalized spacial score (nSPS) is 18.7. The lowest BCUT2D eigenvalue weighted by atomic mass is 9.99. The van der Waals surface area contributed by atoms with Crippen molar-refractivity contribution in [3.05, 3.63) is 32.7 Å². The van der Waals surface area contributed by atoms with E-state index in [4.69, 9.17) is 9.47 Å². The molecule has 0 spiro atoms. The smallest absolute Gasteiger partial charge is 0.305 e. The molecule has 3 heterocycles. The minimum absolute atomic E-state index is 0.000247. The van der Waals surface area contributed by atoms with E-state index in [0.29, 0.717) is 13.2 Å². The topological polar surface area (TPSA) is 54.6 Å². The number of H-pyrrole nitrogens is 1. The van der Waals surface area contributed by atoms with Gasteiger partial charge in [-0.15, -0.1) is 0 Å². The molecule has 0 aliphatic carbocycles. The van der Waals surface area contributed by atoms with Gasteiger partial charge in [0.25, 0.3) is 0 Å². The fourth-order valence-corrected chi connectivity index (χ4v) is 4.22. The molecule has 1 aromatic heterocycles. The molecule has 1 aromatic carbocycles. The van der Waals surface area contributed by atoms with Crippen molar-refractivity contribution in [3.63, 3.8) is 0 Å². The molecule has 24 heavy (non-hydrogen) atoms. The molecule has 0 atom stereocenters. The molecule has 2 aliphatic rings. The van der Waals surface area contributed by atoms with Crippen LogP contribution in [0, 0.1) is 5.92 Å². The first-order valence-electron chi connectivity index (χ1n) is 8.53. The molecule has 2 aliphatic heterocycles. The predicted molar refractivity (Wildman–Crippen MR) is 95.0 cm³/mol. The minimum atomic E-state index is 0.000247. The van der Waals surface area contributed by atoms with Crippen molar-refractivity contribution < 1.29 is 9.47 Å². The largest absolute Gasteiger partial charge is 0.486 e. The fourth-order valence-electron chi connectivity index (χ4n) is 3.33. The summed E-state index contributed by atoms with van der Waals surface area (Å²) in [5, 5.41) is 0. The Balaban J connectivity index is 1.60. The van der Waals surface area contributed by atoms with Crippen LogP contribution in [0.4, 0.5) is 0 Å². The van der Waals surface area contributed by atoms with Crippen LogP contribution in [0.1, 0.15) is 24.6 Å². The first kappa shape index (κ1) is 15.7. The number of aromatic amines is 1. The van der Waals surface area contributed by atoms with Crippen LogP contribution in [0.15, 0.2) is 23.0 Å². The van der Waals surface area contributed by atoms with Crippen LogP contribution in [-0.2, 0) is 6.54 Å². The monoisotopic (exact) mass is 346 g/mol. The standard InChI is InChI=1S/C18H22N2O3S/c1-12-4-6-20(7-5-12)11-16-17(19-18(21)24-16)13-2-3-14-15(10-13)23-9-8-22-14/h2-3,10,12H,4-9,11H2,1H3,(H,19,21). The maximum absolute atomic E-state index is 12.0. The number of hydrogen-bond donors (Lipinski definition) is 1. The molecule has 1 fully saturated rings. The van der Waals surface area contributed by atoms with Crippen LogP contribution in [0.2, 0.25) is 0 Å². The quantitative estimate of drug-likeness (QED) is 0.928. The highest BCUT2D eigenvalue weighted by Crippen LogP contribution is 2.35. The number of rotatable bonds is 3. The van der Waals surface area contributed by atoms with Gasteiger partial charge in [0.05, 0.1) is 5.69 Å². The summed E-state index contributed by atoms with van der Waals surface area (Å²) in [5.41, 5.74) is 1.90. The summed E-state index contributed by atoms with van der Waals surface area (Å²) in [6.07, 6.45) is 2.47. The third-order valence-electron chi connectivity index (χ3n) is 4.80. The number of thiazole rings is 1. The van der Waals surface area contributed by atoms with E-state index in [1.807, 2.05) is 18.2 Å². The summed E-state index contributed by atoms with van der Waals surface area (Å²) in [4.78, 5) is 18.5. The molecule has 0 unspecified atom stereocenters. The van der Waals surface area contributed by atoms with Crippen LogP contribution in [0.25, 0.3) is 11.3 Å². The van der Waals surface area contributed by atoms with E-state index in [0.717, 1.165) is 53.2 Å². The molecule has 0 saturated carbocycles. The molecule has 0 amide bonds. The lowest BCUT2D eigenvalue weighted by Gasteiger charge is -2.29. The Morgan fingerprint density at radius 1 is 1.21 bits per heavy atom. The molecule has 4 rings (SSSR count). The average Bonchev–Trinajstić information content (AvgIpc) is 2.97. The Kier molecular flexibility index (Phi) is 4.33. The number of likely N-dealkylation sites (tertiary alicyclic amines) is 1.